The van der Waals surface area contributed by atoms with E-state index in [9.17, 15) is 4.79 Å². The van der Waals surface area contributed by atoms with E-state index in [1.807, 2.05) is 26.8 Å². The van der Waals surface area contributed by atoms with Gasteiger partial charge in [-0.05, 0) is 56.9 Å². The van der Waals surface area contributed by atoms with Crippen molar-refractivity contribution in [1.82, 2.24) is 0 Å². The van der Waals surface area contributed by atoms with E-state index in [1.165, 1.54) is 11.1 Å². The van der Waals surface area contributed by atoms with Gasteiger partial charge in [0.05, 0.1) is 0 Å². The Morgan fingerprint density at radius 3 is 2.41 bits per heavy atom. The van der Waals surface area contributed by atoms with Gasteiger partial charge in [0.1, 0.15) is 0 Å². The van der Waals surface area contributed by atoms with Crippen molar-refractivity contribution in [3.63, 3.8) is 0 Å². The van der Waals surface area contributed by atoms with Crippen molar-refractivity contribution in [2.45, 2.75) is 46.6 Å². The minimum absolute atomic E-state index is 0.0358. The predicted molar refractivity (Wildman–Crippen MR) is 72.2 cm³/mol. The SMILES string of the molecule is Cc1cc(C)c(NC(=O)CCC(C)N)cc1C. The smallest absolute Gasteiger partial charge is 0.224 e. The van der Waals surface area contributed by atoms with E-state index >= 15 is 0 Å². The van der Waals surface area contributed by atoms with Crippen molar-refractivity contribution < 1.29 is 4.79 Å². The van der Waals surface area contributed by atoms with Crippen LogP contribution >= 0.6 is 0 Å². The van der Waals surface area contributed by atoms with Crippen LogP contribution in [0.25, 0.3) is 0 Å². The Labute approximate surface area is 103 Å². The summed E-state index contributed by atoms with van der Waals surface area (Å²) >= 11 is 0. The van der Waals surface area contributed by atoms with Crippen LogP contribution in [0.3, 0.4) is 0 Å². The topological polar surface area (TPSA) is 55.1 Å². The molecule has 1 amide bonds. The molecule has 0 aromatic heterocycles. The number of benzene rings is 1. The molecule has 3 nitrogen and oxygen atoms in total. The monoisotopic (exact) mass is 234 g/mol. The molecule has 17 heavy (non-hydrogen) atoms. The zero-order valence-corrected chi connectivity index (χ0v) is 11.1. The second kappa shape index (κ2) is 5.82. The number of hydrogen-bond donors (Lipinski definition) is 2. The second-order valence-corrected chi connectivity index (χ2v) is 4.82. The summed E-state index contributed by atoms with van der Waals surface area (Å²) in [5, 5.41) is 2.94. The van der Waals surface area contributed by atoms with E-state index in [-0.39, 0.29) is 11.9 Å². The maximum absolute atomic E-state index is 11.7. The van der Waals surface area contributed by atoms with E-state index in [1.54, 1.807) is 0 Å². The molecule has 1 aromatic rings. The van der Waals surface area contributed by atoms with E-state index in [0.717, 1.165) is 17.7 Å². The number of carbonyl (C=O) groups excluding carboxylic acids is 1. The molecule has 3 N–H and O–H groups in total. The average molecular weight is 234 g/mol. The summed E-state index contributed by atoms with van der Waals surface area (Å²) in [5.74, 6) is 0.0358. The van der Waals surface area contributed by atoms with Crippen LogP contribution in [0.4, 0.5) is 5.69 Å². The van der Waals surface area contributed by atoms with E-state index in [0.29, 0.717) is 6.42 Å². The van der Waals surface area contributed by atoms with Gasteiger partial charge in [-0.1, -0.05) is 6.07 Å². The summed E-state index contributed by atoms with van der Waals surface area (Å²) in [7, 11) is 0. The molecule has 3 heteroatoms. The maximum Gasteiger partial charge on any atom is 0.224 e. The summed E-state index contributed by atoms with van der Waals surface area (Å²) in [5.41, 5.74) is 10.1. The van der Waals surface area contributed by atoms with Gasteiger partial charge in [-0.2, -0.15) is 0 Å². The summed E-state index contributed by atoms with van der Waals surface area (Å²) in [4.78, 5) is 11.7. The molecule has 0 saturated heterocycles. The third-order valence-electron chi connectivity index (χ3n) is 2.94. The molecule has 0 bridgehead atoms. The van der Waals surface area contributed by atoms with Gasteiger partial charge in [0.25, 0.3) is 0 Å². The molecule has 0 aliphatic rings. The highest BCUT2D eigenvalue weighted by Crippen LogP contribution is 2.20. The first-order chi connectivity index (χ1) is 7.90. The van der Waals surface area contributed by atoms with Crippen molar-refractivity contribution in [3.8, 4) is 0 Å². The van der Waals surface area contributed by atoms with Gasteiger partial charge in [-0.3, -0.25) is 4.79 Å². The van der Waals surface area contributed by atoms with Crippen molar-refractivity contribution >= 4 is 11.6 Å². The number of rotatable bonds is 4. The van der Waals surface area contributed by atoms with Crippen molar-refractivity contribution in [2.75, 3.05) is 5.32 Å². The first kappa shape index (κ1) is 13.7. The average Bonchev–Trinajstić information content (AvgIpc) is 2.23. The lowest BCUT2D eigenvalue weighted by Gasteiger charge is -2.12. The fourth-order valence-electron chi connectivity index (χ4n) is 1.67. The highest BCUT2D eigenvalue weighted by Gasteiger charge is 2.07. The fraction of sp³-hybridized carbons (Fsp3) is 0.500. The Bertz CT molecular complexity index is 411. The first-order valence-electron chi connectivity index (χ1n) is 6.03. The quantitative estimate of drug-likeness (QED) is 0.841. The molecular formula is C14H22N2O. The maximum atomic E-state index is 11.7. The molecular weight excluding hydrogens is 212 g/mol. The van der Waals surface area contributed by atoms with Gasteiger partial charge in [-0.25, -0.2) is 0 Å². The van der Waals surface area contributed by atoms with Crippen LogP contribution in [0, 0.1) is 20.8 Å². The van der Waals surface area contributed by atoms with E-state index < -0.39 is 0 Å². The zero-order chi connectivity index (χ0) is 13.0. The van der Waals surface area contributed by atoms with Crippen molar-refractivity contribution in [3.05, 3.63) is 28.8 Å². The van der Waals surface area contributed by atoms with Crippen LogP contribution in [0.1, 0.15) is 36.5 Å². The number of nitrogens with one attached hydrogen (secondary N) is 1. The van der Waals surface area contributed by atoms with Gasteiger partial charge >= 0.3 is 0 Å². The minimum Gasteiger partial charge on any atom is -0.328 e. The number of anilines is 1. The van der Waals surface area contributed by atoms with E-state index in [2.05, 4.69) is 18.3 Å². The second-order valence-electron chi connectivity index (χ2n) is 4.82. The molecule has 0 saturated carbocycles. The highest BCUT2D eigenvalue weighted by molar-refractivity contribution is 5.91. The molecule has 0 fully saturated rings. The largest absolute Gasteiger partial charge is 0.328 e. The number of nitrogens with two attached hydrogens (primary N) is 1. The standard InChI is InChI=1S/C14H22N2O/c1-9-7-11(3)13(8-10(9)2)16-14(17)6-5-12(4)15/h7-8,12H,5-6,15H2,1-4H3,(H,16,17). The Morgan fingerprint density at radius 1 is 1.24 bits per heavy atom. The van der Waals surface area contributed by atoms with Gasteiger partial charge in [-0.15, -0.1) is 0 Å². The molecule has 1 unspecified atom stereocenters. The first-order valence-corrected chi connectivity index (χ1v) is 6.03. The Kier molecular flexibility index (Phi) is 4.70. The van der Waals surface area contributed by atoms with Crippen LogP contribution < -0.4 is 11.1 Å². The minimum atomic E-state index is 0.0358. The van der Waals surface area contributed by atoms with Crippen molar-refractivity contribution in [1.29, 1.82) is 0 Å². The zero-order valence-electron chi connectivity index (χ0n) is 11.1. The van der Waals surface area contributed by atoms with Crippen LogP contribution in [0.2, 0.25) is 0 Å². The lowest BCUT2D eigenvalue weighted by Crippen LogP contribution is -2.19. The van der Waals surface area contributed by atoms with Crippen molar-refractivity contribution in [2.24, 2.45) is 5.73 Å². The summed E-state index contributed by atoms with van der Waals surface area (Å²) in [6, 6.07) is 4.19. The van der Waals surface area contributed by atoms with Gasteiger partial charge < -0.3 is 11.1 Å². The van der Waals surface area contributed by atoms with E-state index in [4.69, 9.17) is 5.73 Å². The number of carbonyl (C=O) groups is 1. The molecule has 0 aliphatic heterocycles. The van der Waals surface area contributed by atoms with Gasteiger partial charge in [0.15, 0.2) is 0 Å². The Hall–Kier alpha value is -1.35. The predicted octanol–water partition coefficient (Wildman–Crippen LogP) is 2.68. The third-order valence-corrected chi connectivity index (χ3v) is 2.94. The number of aryl methyl sites for hydroxylation is 3. The molecule has 0 spiro atoms. The molecule has 0 radical (unpaired) electrons. The molecule has 94 valence electrons. The summed E-state index contributed by atoms with van der Waals surface area (Å²) < 4.78 is 0. The normalized spacial score (nSPS) is 12.3. The third kappa shape index (κ3) is 4.19. The molecule has 1 rings (SSSR count). The Morgan fingerprint density at radius 2 is 1.82 bits per heavy atom. The van der Waals surface area contributed by atoms with Crippen LogP contribution in [-0.4, -0.2) is 11.9 Å². The number of amides is 1. The highest BCUT2D eigenvalue weighted by atomic mass is 16.1. The van der Waals surface area contributed by atoms with Crippen LogP contribution in [-0.2, 0) is 4.79 Å². The molecule has 1 aromatic carbocycles. The van der Waals surface area contributed by atoms with Crippen LogP contribution in [0.5, 0.6) is 0 Å². The Balaban J connectivity index is 2.68. The lowest BCUT2D eigenvalue weighted by molar-refractivity contribution is -0.116. The van der Waals surface area contributed by atoms with Gasteiger partial charge in [0.2, 0.25) is 5.91 Å². The van der Waals surface area contributed by atoms with Crippen LogP contribution in [0.15, 0.2) is 12.1 Å². The number of hydrogen-bond acceptors (Lipinski definition) is 2. The molecule has 0 heterocycles. The fourth-order valence-corrected chi connectivity index (χ4v) is 1.67. The summed E-state index contributed by atoms with van der Waals surface area (Å²) in [6.07, 6.45) is 1.19. The lowest BCUT2D eigenvalue weighted by atomic mass is 10.0. The molecule has 0 aliphatic carbocycles. The van der Waals surface area contributed by atoms with Gasteiger partial charge in [0, 0.05) is 18.2 Å². The summed E-state index contributed by atoms with van der Waals surface area (Å²) in [6.45, 7) is 8.04. The molecule has 1 atom stereocenters.